The van der Waals surface area contributed by atoms with Gasteiger partial charge in [-0.25, -0.2) is 8.42 Å². The highest BCUT2D eigenvalue weighted by Crippen LogP contribution is 2.11. The highest BCUT2D eigenvalue weighted by molar-refractivity contribution is 7.90. The molecular weight excluding hydrogens is 266 g/mol. The minimum Gasteiger partial charge on any atom is -0.391 e. The Morgan fingerprint density at radius 1 is 1.37 bits per heavy atom. The normalized spacial score (nSPS) is 13.3. The third-order valence-electron chi connectivity index (χ3n) is 2.77. The standard InChI is InChI=1S/C13H19NO4S/c1-9(2)12(15)8-14-13(16)10-5-4-6-11(7-10)19(3,17)18/h4-7,9,12,15H,8H2,1-3H3,(H,14,16). The van der Waals surface area contributed by atoms with Crippen LogP contribution in [0.1, 0.15) is 24.2 Å². The van der Waals surface area contributed by atoms with Crippen LogP contribution in [0.15, 0.2) is 29.2 Å². The van der Waals surface area contributed by atoms with Gasteiger partial charge < -0.3 is 10.4 Å². The van der Waals surface area contributed by atoms with Crippen LogP contribution in [0.3, 0.4) is 0 Å². The second-order valence-corrected chi connectivity index (χ2v) is 6.84. The van der Waals surface area contributed by atoms with E-state index in [4.69, 9.17) is 0 Å². The van der Waals surface area contributed by atoms with Crippen molar-refractivity contribution in [2.75, 3.05) is 12.8 Å². The minimum absolute atomic E-state index is 0.0441. The second-order valence-electron chi connectivity index (χ2n) is 4.82. The van der Waals surface area contributed by atoms with E-state index in [1.807, 2.05) is 13.8 Å². The first-order valence-electron chi connectivity index (χ1n) is 5.98. The average Bonchev–Trinajstić information content (AvgIpc) is 2.34. The van der Waals surface area contributed by atoms with Crippen LogP contribution >= 0.6 is 0 Å². The summed E-state index contributed by atoms with van der Waals surface area (Å²) >= 11 is 0. The molecule has 5 nitrogen and oxygen atoms in total. The van der Waals surface area contributed by atoms with Crippen molar-refractivity contribution in [3.05, 3.63) is 29.8 Å². The molecule has 1 amide bonds. The van der Waals surface area contributed by atoms with Gasteiger partial charge in [0.05, 0.1) is 11.0 Å². The minimum atomic E-state index is -3.33. The van der Waals surface area contributed by atoms with Gasteiger partial charge >= 0.3 is 0 Å². The summed E-state index contributed by atoms with van der Waals surface area (Å²) in [6.07, 6.45) is 0.467. The molecule has 0 saturated carbocycles. The fraction of sp³-hybridized carbons (Fsp3) is 0.462. The molecular formula is C13H19NO4S. The lowest BCUT2D eigenvalue weighted by atomic mass is 10.1. The van der Waals surface area contributed by atoms with Crippen LogP contribution in [0.5, 0.6) is 0 Å². The molecule has 1 atom stereocenters. The Morgan fingerprint density at radius 2 is 2.00 bits per heavy atom. The van der Waals surface area contributed by atoms with Gasteiger partial charge in [0.1, 0.15) is 0 Å². The number of hydrogen-bond acceptors (Lipinski definition) is 4. The van der Waals surface area contributed by atoms with E-state index >= 15 is 0 Å². The zero-order valence-electron chi connectivity index (χ0n) is 11.3. The van der Waals surface area contributed by atoms with Crippen LogP contribution in [0.25, 0.3) is 0 Å². The van der Waals surface area contributed by atoms with E-state index in [0.717, 1.165) is 6.26 Å². The Kier molecular flexibility index (Phi) is 5.08. The van der Waals surface area contributed by atoms with Crippen molar-refractivity contribution in [1.29, 1.82) is 0 Å². The van der Waals surface area contributed by atoms with E-state index < -0.39 is 21.8 Å². The smallest absolute Gasteiger partial charge is 0.251 e. The van der Waals surface area contributed by atoms with E-state index in [-0.39, 0.29) is 22.9 Å². The molecule has 6 heteroatoms. The van der Waals surface area contributed by atoms with E-state index in [1.165, 1.54) is 24.3 Å². The predicted octanol–water partition coefficient (Wildman–Crippen LogP) is 0.837. The first-order valence-corrected chi connectivity index (χ1v) is 7.87. The summed E-state index contributed by atoms with van der Waals surface area (Å²) in [5, 5.41) is 12.2. The number of benzene rings is 1. The van der Waals surface area contributed by atoms with Crippen LogP contribution in [-0.2, 0) is 9.84 Å². The summed E-state index contributed by atoms with van der Waals surface area (Å²) in [4.78, 5) is 11.9. The first kappa shape index (κ1) is 15.7. The van der Waals surface area contributed by atoms with Crippen molar-refractivity contribution in [3.8, 4) is 0 Å². The highest BCUT2D eigenvalue weighted by atomic mass is 32.2. The van der Waals surface area contributed by atoms with Gasteiger partial charge in [-0.05, 0) is 24.1 Å². The molecule has 0 radical (unpaired) electrons. The number of amides is 1. The molecule has 106 valence electrons. The fourth-order valence-corrected chi connectivity index (χ4v) is 2.07. The zero-order chi connectivity index (χ0) is 14.6. The summed E-state index contributed by atoms with van der Waals surface area (Å²) < 4.78 is 22.8. The number of hydrogen-bond donors (Lipinski definition) is 2. The van der Waals surface area contributed by atoms with Gasteiger partial charge in [0.25, 0.3) is 5.91 Å². The van der Waals surface area contributed by atoms with Crippen molar-refractivity contribution >= 4 is 15.7 Å². The molecule has 1 aromatic carbocycles. The van der Waals surface area contributed by atoms with Gasteiger partial charge in [-0.1, -0.05) is 19.9 Å². The van der Waals surface area contributed by atoms with Crippen LogP contribution in [0, 0.1) is 5.92 Å². The van der Waals surface area contributed by atoms with Gasteiger partial charge in [0, 0.05) is 18.4 Å². The van der Waals surface area contributed by atoms with Crippen molar-refractivity contribution < 1.29 is 18.3 Å². The fourth-order valence-electron chi connectivity index (χ4n) is 1.40. The molecule has 1 unspecified atom stereocenters. The van der Waals surface area contributed by atoms with Crippen molar-refractivity contribution in [3.63, 3.8) is 0 Å². The van der Waals surface area contributed by atoms with Crippen molar-refractivity contribution in [2.45, 2.75) is 24.8 Å². The Labute approximate surface area is 113 Å². The Hall–Kier alpha value is -1.40. The molecule has 0 saturated heterocycles. The number of aliphatic hydroxyl groups excluding tert-OH is 1. The quantitative estimate of drug-likeness (QED) is 0.839. The summed E-state index contributed by atoms with van der Waals surface area (Å²) in [6, 6.07) is 5.82. The van der Waals surface area contributed by atoms with Crippen LogP contribution in [-0.4, -0.2) is 38.3 Å². The molecule has 0 bridgehead atoms. The van der Waals surface area contributed by atoms with Crippen molar-refractivity contribution in [2.24, 2.45) is 5.92 Å². The van der Waals surface area contributed by atoms with Gasteiger partial charge in [0.15, 0.2) is 9.84 Å². The monoisotopic (exact) mass is 285 g/mol. The van der Waals surface area contributed by atoms with Crippen LogP contribution in [0.4, 0.5) is 0 Å². The molecule has 0 fully saturated rings. The number of rotatable bonds is 5. The van der Waals surface area contributed by atoms with Gasteiger partial charge in [-0.3, -0.25) is 4.79 Å². The number of sulfone groups is 1. The lowest BCUT2D eigenvalue weighted by Gasteiger charge is -2.15. The van der Waals surface area contributed by atoms with Gasteiger partial charge in [0.2, 0.25) is 0 Å². The average molecular weight is 285 g/mol. The number of carbonyl (C=O) groups excluding carboxylic acids is 1. The zero-order valence-corrected chi connectivity index (χ0v) is 12.1. The molecule has 0 heterocycles. The summed E-state index contributed by atoms with van der Waals surface area (Å²) in [5.74, 6) is -0.354. The summed E-state index contributed by atoms with van der Waals surface area (Å²) in [5.41, 5.74) is 0.263. The Balaban J connectivity index is 2.78. The number of aliphatic hydroxyl groups is 1. The molecule has 0 aliphatic heterocycles. The number of nitrogens with one attached hydrogen (secondary N) is 1. The largest absolute Gasteiger partial charge is 0.391 e. The third-order valence-corrected chi connectivity index (χ3v) is 3.88. The first-order chi connectivity index (χ1) is 8.71. The highest BCUT2D eigenvalue weighted by Gasteiger charge is 2.14. The van der Waals surface area contributed by atoms with Gasteiger partial charge in [-0.2, -0.15) is 0 Å². The maximum atomic E-state index is 11.8. The second kappa shape index (κ2) is 6.16. The number of carbonyl (C=O) groups is 1. The molecule has 1 aromatic rings. The maximum Gasteiger partial charge on any atom is 0.251 e. The SMILES string of the molecule is CC(C)C(O)CNC(=O)c1cccc(S(C)(=O)=O)c1. The maximum absolute atomic E-state index is 11.8. The lowest BCUT2D eigenvalue weighted by molar-refractivity contribution is 0.0871. The van der Waals surface area contributed by atoms with E-state index in [2.05, 4.69) is 5.32 Å². The molecule has 19 heavy (non-hydrogen) atoms. The molecule has 0 aliphatic carbocycles. The van der Waals surface area contributed by atoms with E-state index in [9.17, 15) is 18.3 Å². The van der Waals surface area contributed by atoms with E-state index in [1.54, 1.807) is 0 Å². The predicted molar refractivity (Wildman–Crippen MR) is 72.7 cm³/mol. The van der Waals surface area contributed by atoms with Crippen LogP contribution in [0.2, 0.25) is 0 Å². The summed E-state index contributed by atoms with van der Waals surface area (Å²) in [7, 11) is -3.33. The molecule has 2 N–H and O–H groups in total. The molecule has 0 aliphatic rings. The van der Waals surface area contributed by atoms with E-state index in [0.29, 0.717) is 0 Å². The molecule has 0 spiro atoms. The third kappa shape index (κ3) is 4.65. The van der Waals surface area contributed by atoms with Gasteiger partial charge in [-0.15, -0.1) is 0 Å². The summed E-state index contributed by atoms with van der Waals surface area (Å²) in [6.45, 7) is 3.84. The Bertz CT molecular complexity index is 552. The molecule has 1 rings (SSSR count). The van der Waals surface area contributed by atoms with Crippen LogP contribution < -0.4 is 5.32 Å². The van der Waals surface area contributed by atoms with Crippen molar-refractivity contribution in [1.82, 2.24) is 5.32 Å². The lowest BCUT2D eigenvalue weighted by Crippen LogP contribution is -2.34. The topological polar surface area (TPSA) is 83.5 Å². The molecule has 0 aromatic heterocycles. The Morgan fingerprint density at radius 3 is 2.53 bits per heavy atom.